The van der Waals surface area contributed by atoms with Gasteiger partial charge in [0.25, 0.3) is 0 Å². The van der Waals surface area contributed by atoms with Gasteiger partial charge in [0.05, 0.1) is 7.11 Å². The average Bonchev–Trinajstić information content (AvgIpc) is 2.49. The van der Waals surface area contributed by atoms with Crippen LogP contribution in [-0.2, 0) is 0 Å². The molecule has 0 spiro atoms. The largest absolute Gasteiger partial charge is 0.497 e. The molecule has 0 fully saturated rings. The van der Waals surface area contributed by atoms with Gasteiger partial charge in [0.1, 0.15) is 5.75 Å². The summed E-state index contributed by atoms with van der Waals surface area (Å²) in [6, 6.07) is 6.30. The second-order valence-electron chi connectivity index (χ2n) is 4.33. The molecule has 0 atom stereocenters. The lowest BCUT2D eigenvalue weighted by Gasteiger charge is -2.13. The third kappa shape index (κ3) is 7.04. The highest BCUT2D eigenvalue weighted by atomic mass is 32.2. The van der Waals surface area contributed by atoms with Crippen molar-refractivity contribution in [3.05, 3.63) is 18.2 Å². The monoisotopic (exact) mass is 331 g/mol. The number of methoxy groups -OCH3 is 1. The van der Waals surface area contributed by atoms with Crippen molar-refractivity contribution in [1.29, 1.82) is 0 Å². The third-order valence-corrected chi connectivity index (χ3v) is 5.32. The highest BCUT2D eigenvalue weighted by Crippen LogP contribution is 2.31. The molecule has 1 N–H and O–H groups in total. The Morgan fingerprint density at radius 3 is 2.50 bits per heavy atom. The fraction of sp³-hybridized carbons (Fsp3) is 0.600. The molecule has 0 bridgehead atoms. The van der Waals surface area contributed by atoms with Crippen molar-refractivity contribution < 1.29 is 4.74 Å². The smallest absolute Gasteiger partial charge is 0.120 e. The molecule has 0 radical (unpaired) electrons. The van der Waals surface area contributed by atoms with Crippen LogP contribution in [0, 0.1) is 0 Å². The van der Waals surface area contributed by atoms with Crippen molar-refractivity contribution >= 4 is 41.0 Å². The predicted molar refractivity (Wildman–Crippen MR) is 98.2 cm³/mol. The van der Waals surface area contributed by atoms with Crippen molar-refractivity contribution in [2.45, 2.75) is 17.7 Å². The van der Waals surface area contributed by atoms with E-state index in [1.807, 2.05) is 41.4 Å². The zero-order valence-corrected chi connectivity index (χ0v) is 15.1. The SMILES string of the molecule is COc1ccc(NCCCSC)c(SCCCSC)c1. The van der Waals surface area contributed by atoms with Crippen molar-refractivity contribution in [3.8, 4) is 5.75 Å². The summed E-state index contributed by atoms with van der Waals surface area (Å²) >= 11 is 5.73. The molecule has 0 aliphatic rings. The van der Waals surface area contributed by atoms with Gasteiger partial charge in [-0.1, -0.05) is 0 Å². The molecule has 0 aliphatic heterocycles. The molecular weight excluding hydrogens is 306 g/mol. The van der Waals surface area contributed by atoms with Crippen LogP contribution in [0.2, 0.25) is 0 Å². The maximum atomic E-state index is 5.33. The lowest BCUT2D eigenvalue weighted by Crippen LogP contribution is -2.04. The van der Waals surface area contributed by atoms with Gasteiger partial charge in [-0.2, -0.15) is 23.5 Å². The lowest BCUT2D eigenvalue weighted by atomic mass is 10.3. The number of hydrogen-bond donors (Lipinski definition) is 1. The molecule has 0 saturated heterocycles. The highest BCUT2D eigenvalue weighted by Gasteiger charge is 2.05. The first-order chi connectivity index (χ1) is 9.81. The van der Waals surface area contributed by atoms with Gasteiger partial charge in [-0.3, -0.25) is 0 Å². The molecule has 0 aromatic heterocycles. The van der Waals surface area contributed by atoms with E-state index in [0.29, 0.717) is 0 Å². The van der Waals surface area contributed by atoms with Crippen LogP contribution in [0.1, 0.15) is 12.8 Å². The van der Waals surface area contributed by atoms with Crippen molar-refractivity contribution in [2.24, 2.45) is 0 Å². The number of benzene rings is 1. The predicted octanol–water partition coefficient (Wildman–Crippen LogP) is 4.71. The maximum Gasteiger partial charge on any atom is 0.120 e. The van der Waals surface area contributed by atoms with Gasteiger partial charge >= 0.3 is 0 Å². The molecule has 0 amide bonds. The quantitative estimate of drug-likeness (QED) is 0.467. The molecule has 0 heterocycles. The van der Waals surface area contributed by atoms with Crippen LogP contribution >= 0.6 is 35.3 Å². The van der Waals surface area contributed by atoms with Gasteiger partial charge < -0.3 is 10.1 Å². The Morgan fingerprint density at radius 2 is 1.80 bits per heavy atom. The standard InChI is InChI=1S/C15H25NOS3/c1-17-13-6-7-14(16-8-4-9-18-2)15(12-13)20-11-5-10-19-3/h6-7,12,16H,4-5,8-11H2,1-3H3. The van der Waals surface area contributed by atoms with E-state index < -0.39 is 0 Å². The second-order valence-corrected chi connectivity index (χ2v) is 7.44. The lowest BCUT2D eigenvalue weighted by molar-refractivity contribution is 0.414. The van der Waals surface area contributed by atoms with E-state index in [1.54, 1.807) is 7.11 Å². The molecular formula is C15H25NOS3. The molecule has 1 rings (SSSR count). The molecule has 0 unspecified atom stereocenters. The summed E-state index contributed by atoms with van der Waals surface area (Å²) in [5.41, 5.74) is 1.24. The molecule has 114 valence electrons. The first kappa shape index (κ1) is 17.9. The van der Waals surface area contributed by atoms with E-state index in [2.05, 4.69) is 30.0 Å². The van der Waals surface area contributed by atoms with Crippen LogP contribution in [0.15, 0.2) is 23.1 Å². The number of hydrogen-bond acceptors (Lipinski definition) is 5. The Kier molecular flexibility index (Phi) is 10.3. The van der Waals surface area contributed by atoms with Crippen LogP contribution in [0.3, 0.4) is 0 Å². The van der Waals surface area contributed by atoms with Gasteiger partial charge in [0, 0.05) is 17.1 Å². The summed E-state index contributed by atoms with van der Waals surface area (Å²) in [7, 11) is 1.73. The first-order valence-electron chi connectivity index (χ1n) is 6.84. The van der Waals surface area contributed by atoms with Gasteiger partial charge in [-0.25, -0.2) is 0 Å². The summed E-state index contributed by atoms with van der Waals surface area (Å²) in [6.45, 7) is 1.03. The molecule has 2 nitrogen and oxygen atoms in total. The van der Waals surface area contributed by atoms with E-state index in [0.717, 1.165) is 18.0 Å². The number of anilines is 1. The average molecular weight is 332 g/mol. The Labute approximate surface area is 136 Å². The van der Waals surface area contributed by atoms with Crippen LogP contribution < -0.4 is 10.1 Å². The minimum absolute atomic E-state index is 0.937. The van der Waals surface area contributed by atoms with Crippen molar-refractivity contribution in [2.75, 3.05) is 48.7 Å². The zero-order chi connectivity index (χ0) is 14.6. The Balaban J connectivity index is 2.56. The van der Waals surface area contributed by atoms with E-state index >= 15 is 0 Å². The molecule has 20 heavy (non-hydrogen) atoms. The summed E-state index contributed by atoms with van der Waals surface area (Å²) in [6.07, 6.45) is 6.76. The van der Waals surface area contributed by atoms with Crippen LogP contribution in [0.5, 0.6) is 5.75 Å². The van der Waals surface area contributed by atoms with E-state index in [1.165, 1.54) is 34.9 Å². The number of rotatable bonds is 11. The highest BCUT2D eigenvalue weighted by molar-refractivity contribution is 8.00. The molecule has 1 aromatic carbocycles. The van der Waals surface area contributed by atoms with Crippen LogP contribution in [-0.4, -0.2) is 43.4 Å². The minimum Gasteiger partial charge on any atom is -0.497 e. The fourth-order valence-corrected chi connectivity index (χ4v) is 3.77. The maximum absolute atomic E-state index is 5.33. The summed E-state index contributed by atoms with van der Waals surface area (Å²) < 4.78 is 5.33. The summed E-state index contributed by atoms with van der Waals surface area (Å²) in [5, 5.41) is 3.55. The van der Waals surface area contributed by atoms with Crippen molar-refractivity contribution in [3.63, 3.8) is 0 Å². The van der Waals surface area contributed by atoms with Crippen LogP contribution in [0.25, 0.3) is 0 Å². The fourth-order valence-electron chi connectivity index (χ4n) is 1.72. The topological polar surface area (TPSA) is 21.3 Å². The minimum atomic E-state index is 0.937. The number of ether oxygens (including phenoxy) is 1. The number of nitrogens with one attached hydrogen (secondary N) is 1. The normalized spacial score (nSPS) is 10.6. The van der Waals surface area contributed by atoms with Crippen molar-refractivity contribution in [1.82, 2.24) is 0 Å². The summed E-state index contributed by atoms with van der Waals surface area (Å²) in [5.74, 6) is 4.53. The molecule has 5 heteroatoms. The first-order valence-corrected chi connectivity index (χ1v) is 10.6. The Hall–Kier alpha value is -0.130. The van der Waals surface area contributed by atoms with E-state index in [4.69, 9.17) is 4.74 Å². The van der Waals surface area contributed by atoms with Crippen LogP contribution in [0.4, 0.5) is 5.69 Å². The van der Waals surface area contributed by atoms with Gasteiger partial charge in [-0.05, 0) is 60.8 Å². The van der Waals surface area contributed by atoms with Gasteiger partial charge in [-0.15, -0.1) is 11.8 Å². The second kappa shape index (κ2) is 11.5. The molecule has 0 saturated carbocycles. The van der Waals surface area contributed by atoms with Gasteiger partial charge in [0.2, 0.25) is 0 Å². The molecule has 1 aromatic rings. The zero-order valence-electron chi connectivity index (χ0n) is 12.6. The Bertz CT molecular complexity index is 374. The van der Waals surface area contributed by atoms with Gasteiger partial charge in [0.15, 0.2) is 0 Å². The Morgan fingerprint density at radius 1 is 1.05 bits per heavy atom. The third-order valence-electron chi connectivity index (χ3n) is 2.78. The summed E-state index contributed by atoms with van der Waals surface area (Å²) in [4.78, 5) is 1.30. The number of thioether (sulfide) groups is 3. The van der Waals surface area contributed by atoms with E-state index in [9.17, 15) is 0 Å². The molecule has 0 aliphatic carbocycles. The van der Waals surface area contributed by atoms with E-state index in [-0.39, 0.29) is 0 Å².